The molecule has 0 saturated carbocycles. The van der Waals surface area contributed by atoms with Gasteiger partial charge < -0.3 is 10.1 Å². The molecule has 37 heavy (non-hydrogen) atoms. The molecule has 0 saturated heterocycles. The molecule has 0 aliphatic rings. The maximum Gasteiger partial charge on any atom is 0.339 e. The molecule has 0 aliphatic carbocycles. The first-order chi connectivity index (χ1) is 18.1. The highest BCUT2D eigenvalue weighted by atomic mass is 16.5. The van der Waals surface area contributed by atoms with Crippen molar-refractivity contribution in [2.24, 2.45) is 0 Å². The van der Waals surface area contributed by atoms with Gasteiger partial charge in [0.1, 0.15) is 0 Å². The van der Waals surface area contributed by atoms with Crippen LogP contribution in [0.2, 0.25) is 0 Å². The van der Waals surface area contributed by atoms with Gasteiger partial charge in [-0.3, -0.25) is 4.79 Å². The van der Waals surface area contributed by atoms with E-state index in [9.17, 15) is 9.59 Å². The number of nitrogens with one attached hydrogen (secondary N) is 1. The van der Waals surface area contributed by atoms with E-state index in [0.29, 0.717) is 22.2 Å². The lowest BCUT2D eigenvalue weighted by Crippen LogP contribution is -2.31. The number of pyridine rings is 1. The van der Waals surface area contributed by atoms with E-state index in [1.807, 2.05) is 104 Å². The molecule has 1 amide bonds. The molecule has 5 rings (SSSR count). The van der Waals surface area contributed by atoms with Gasteiger partial charge in [-0.1, -0.05) is 103 Å². The van der Waals surface area contributed by atoms with Gasteiger partial charge >= 0.3 is 5.97 Å². The number of esters is 1. The summed E-state index contributed by atoms with van der Waals surface area (Å²) in [5.41, 5.74) is 5.80. The van der Waals surface area contributed by atoms with Crippen molar-refractivity contribution in [2.45, 2.75) is 13.0 Å². The van der Waals surface area contributed by atoms with Crippen molar-refractivity contribution in [3.05, 3.63) is 126 Å². The van der Waals surface area contributed by atoms with Crippen LogP contribution >= 0.6 is 0 Å². The predicted octanol–water partition coefficient (Wildman–Crippen LogP) is 6.60. The zero-order valence-corrected chi connectivity index (χ0v) is 20.4. The third-order valence-corrected chi connectivity index (χ3v) is 6.24. The fourth-order valence-electron chi connectivity index (χ4n) is 4.27. The Morgan fingerprint density at radius 3 is 2.08 bits per heavy atom. The summed E-state index contributed by atoms with van der Waals surface area (Å²) < 4.78 is 5.42. The number of fused-ring (bicyclic) bond motifs is 1. The normalized spacial score (nSPS) is 11.6. The van der Waals surface area contributed by atoms with Crippen LogP contribution in [-0.2, 0) is 9.53 Å². The molecule has 1 aromatic heterocycles. The number of para-hydroxylation sites is 1. The monoisotopic (exact) mass is 486 g/mol. The third-order valence-electron chi connectivity index (χ3n) is 6.24. The minimum absolute atomic E-state index is 0.195. The Kier molecular flexibility index (Phi) is 7.04. The third kappa shape index (κ3) is 5.57. The fraction of sp³-hybridized carbons (Fsp3) is 0.0938. The Labute approximate surface area is 215 Å². The van der Waals surface area contributed by atoms with Crippen LogP contribution in [0, 0.1) is 0 Å². The Balaban J connectivity index is 1.35. The van der Waals surface area contributed by atoms with Crippen LogP contribution in [0.4, 0.5) is 0 Å². The summed E-state index contributed by atoms with van der Waals surface area (Å²) in [5, 5.41) is 3.54. The van der Waals surface area contributed by atoms with Gasteiger partial charge in [-0.05, 0) is 35.7 Å². The zero-order chi connectivity index (χ0) is 25.6. The van der Waals surface area contributed by atoms with Gasteiger partial charge in [0, 0.05) is 10.9 Å². The smallest absolute Gasteiger partial charge is 0.339 e. The second kappa shape index (κ2) is 10.9. The number of carbonyl (C=O) groups is 2. The Bertz CT molecular complexity index is 1530. The predicted molar refractivity (Wildman–Crippen MR) is 146 cm³/mol. The molecule has 1 N–H and O–H groups in total. The van der Waals surface area contributed by atoms with Crippen LogP contribution in [0.3, 0.4) is 0 Å². The minimum Gasteiger partial charge on any atom is -0.452 e. The van der Waals surface area contributed by atoms with Crippen LogP contribution < -0.4 is 5.32 Å². The lowest BCUT2D eigenvalue weighted by Gasteiger charge is -2.15. The van der Waals surface area contributed by atoms with Crippen LogP contribution in [0.15, 0.2) is 115 Å². The number of benzene rings is 4. The lowest BCUT2D eigenvalue weighted by atomic mass is 10.0. The largest absolute Gasteiger partial charge is 0.452 e. The number of hydrogen-bond acceptors (Lipinski definition) is 4. The number of rotatable bonds is 7. The molecule has 0 unspecified atom stereocenters. The highest BCUT2D eigenvalue weighted by Gasteiger charge is 2.17. The molecule has 0 radical (unpaired) electrons. The van der Waals surface area contributed by atoms with Gasteiger partial charge in [0.25, 0.3) is 5.91 Å². The van der Waals surface area contributed by atoms with Gasteiger partial charge in [-0.25, -0.2) is 9.78 Å². The van der Waals surface area contributed by atoms with E-state index in [0.717, 1.165) is 22.3 Å². The molecule has 0 fully saturated rings. The van der Waals surface area contributed by atoms with E-state index in [1.165, 1.54) is 0 Å². The summed E-state index contributed by atoms with van der Waals surface area (Å²) in [4.78, 5) is 30.3. The molecular formula is C32H26N2O3. The summed E-state index contributed by atoms with van der Waals surface area (Å²) in [6, 6.07) is 36.8. The molecule has 0 bridgehead atoms. The van der Waals surface area contributed by atoms with Crippen LogP contribution in [0.5, 0.6) is 0 Å². The number of aromatic nitrogens is 1. The van der Waals surface area contributed by atoms with E-state index in [2.05, 4.69) is 17.4 Å². The number of hydrogen-bond donors (Lipinski definition) is 1. The van der Waals surface area contributed by atoms with Crippen LogP contribution in [-0.4, -0.2) is 23.5 Å². The van der Waals surface area contributed by atoms with Crippen LogP contribution in [0.25, 0.3) is 33.3 Å². The molecule has 0 aliphatic heterocycles. The fourth-order valence-corrected chi connectivity index (χ4v) is 4.27. The first kappa shape index (κ1) is 23.9. The zero-order valence-electron chi connectivity index (χ0n) is 20.4. The van der Waals surface area contributed by atoms with E-state index < -0.39 is 5.97 Å². The van der Waals surface area contributed by atoms with Gasteiger partial charge in [0.15, 0.2) is 6.61 Å². The van der Waals surface area contributed by atoms with Crippen LogP contribution in [0.1, 0.15) is 28.9 Å². The minimum atomic E-state index is -0.566. The molecule has 0 spiro atoms. The highest BCUT2D eigenvalue weighted by molar-refractivity contribution is 6.05. The van der Waals surface area contributed by atoms with Crippen molar-refractivity contribution in [2.75, 3.05) is 6.61 Å². The summed E-state index contributed by atoms with van der Waals surface area (Å²) in [6.45, 7) is 1.52. The molecule has 1 atom stereocenters. The number of carbonyl (C=O) groups excluding carboxylic acids is 2. The van der Waals surface area contributed by atoms with Crippen molar-refractivity contribution < 1.29 is 14.3 Å². The second-order valence-electron chi connectivity index (χ2n) is 8.79. The Morgan fingerprint density at radius 2 is 1.35 bits per heavy atom. The average molecular weight is 487 g/mol. The number of nitrogens with zero attached hydrogens (tertiary/aromatic N) is 1. The standard InChI is InChI=1S/C32H26N2O3/c1-22(23-10-4-2-5-11-23)33-31(35)21-37-32(36)28-20-30(34-29-15-9-8-14-27(28)29)26-18-16-25(17-19-26)24-12-6-3-7-13-24/h2-20,22H,21H2,1H3,(H,33,35)/t22-/m1/s1. The van der Waals surface area contributed by atoms with Crippen molar-refractivity contribution in [3.63, 3.8) is 0 Å². The topological polar surface area (TPSA) is 68.3 Å². The molecule has 182 valence electrons. The van der Waals surface area contributed by atoms with Gasteiger partial charge in [0.05, 0.1) is 22.8 Å². The average Bonchev–Trinajstić information content (AvgIpc) is 2.96. The van der Waals surface area contributed by atoms with Gasteiger partial charge in [-0.15, -0.1) is 0 Å². The summed E-state index contributed by atoms with van der Waals surface area (Å²) in [7, 11) is 0. The second-order valence-corrected chi connectivity index (χ2v) is 8.79. The lowest BCUT2D eigenvalue weighted by molar-refractivity contribution is -0.124. The van der Waals surface area contributed by atoms with E-state index in [4.69, 9.17) is 9.72 Å². The van der Waals surface area contributed by atoms with E-state index in [-0.39, 0.29) is 18.6 Å². The highest BCUT2D eigenvalue weighted by Crippen LogP contribution is 2.28. The van der Waals surface area contributed by atoms with Crippen molar-refractivity contribution in [1.29, 1.82) is 0 Å². The van der Waals surface area contributed by atoms with Crippen molar-refractivity contribution in [3.8, 4) is 22.4 Å². The first-order valence-electron chi connectivity index (χ1n) is 12.2. The molecule has 5 aromatic rings. The first-order valence-corrected chi connectivity index (χ1v) is 12.2. The molecular weight excluding hydrogens is 460 g/mol. The van der Waals surface area contributed by atoms with Crippen molar-refractivity contribution in [1.82, 2.24) is 10.3 Å². The maximum absolute atomic E-state index is 13.1. The Hall–Kier alpha value is -4.77. The van der Waals surface area contributed by atoms with Gasteiger partial charge in [0.2, 0.25) is 0 Å². The molecule has 5 heteroatoms. The molecule has 1 heterocycles. The Morgan fingerprint density at radius 1 is 0.757 bits per heavy atom. The number of amides is 1. The number of ether oxygens (including phenoxy) is 1. The summed E-state index contributed by atoms with van der Waals surface area (Å²) >= 11 is 0. The molecule has 5 nitrogen and oxygen atoms in total. The maximum atomic E-state index is 13.1. The summed E-state index contributed by atoms with van der Waals surface area (Å²) in [6.07, 6.45) is 0. The van der Waals surface area contributed by atoms with E-state index in [1.54, 1.807) is 6.07 Å². The van der Waals surface area contributed by atoms with Crippen molar-refractivity contribution >= 4 is 22.8 Å². The quantitative estimate of drug-likeness (QED) is 0.263. The molecule has 4 aromatic carbocycles. The SMILES string of the molecule is C[C@@H](NC(=O)COC(=O)c1cc(-c2ccc(-c3ccccc3)cc2)nc2ccccc12)c1ccccc1. The van der Waals surface area contributed by atoms with E-state index >= 15 is 0 Å². The summed E-state index contributed by atoms with van der Waals surface area (Å²) in [5.74, 6) is -0.928. The van der Waals surface area contributed by atoms with Gasteiger partial charge in [-0.2, -0.15) is 0 Å².